The van der Waals surface area contributed by atoms with Crippen molar-refractivity contribution in [2.45, 2.75) is 196 Å². The summed E-state index contributed by atoms with van der Waals surface area (Å²) in [5.74, 6) is 1.47. The van der Waals surface area contributed by atoms with Crippen LogP contribution in [0.25, 0.3) is 0 Å². The summed E-state index contributed by atoms with van der Waals surface area (Å²) in [6, 6.07) is 13.4. The molecule has 514 valence electrons. The van der Waals surface area contributed by atoms with E-state index in [0.717, 1.165) is 35.4 Å². The van der Waals surface area contributed by atoms with Gasteiger partial charge in [0.15, 0.2) is 37.7 Å². The van der Waals surface area contributed by atoms with Crippen LogP contribution >= 0.6 is 11.8 Å². The average molecular weight is 1330 g/mol. The minimum Gasteiger partial charge on any atom is -0.492 e. The molecule has 36 nitrogen and oxygen atoms in total. The molecule has 91 heavy (non-hydrogen) atoms. The topological polar surface area (TPSA) is 546 Å². The predicted octanol–water partition coefficient (Wildman–Crippen LogP) is -10.6. The summed E-state index contributed by atoms with van der Waals surface area (Å²) in [4.78, 5) is 29.1. The molecule has 23 aliphatic rings. The Labute approximate surface area is 521 Å². The number of ether oxygens (including phenoxy) is 13. The van der Waals surface area contributed by atoms with E-state index < -0.39 is 224 Å². The minimum atomic E-state index is -2.15. The number of thioether (sulfide) groups is 1. The number of likely N-dealkylation sites (N-methyl/N-ethyl adjacent to an activating group) is 1. The van der Waals surface area contributed by atoms with Gasteiger partial charge in [0.2, 0.25) is 5.91 Å². The Hall–Kier alpha value is -3.74. The predicted molar refractivity (Wildman–Crippen MR) is 294 cm³/mol. The van der Waals surface area contributed by atoms with Gasteiger partial charge < -0.3 is 158 Å². The summed E-state index contributed by atoms with van der Waals surface area (Å²) in [5.41, 5.74) is 1.00. The number of nitrogens with zero attached hydrogens (tertiary/aromatic N) is 2. The highest BCUT2D eigenvalue weighted by Gasteiger charge is 2.59. The van der Waals surface area contributed by atoms with Crippen molar-refractivity contribution in [3.63, 3.8) is 0 Å². The molecule has 24 heterocycles. The van der Waals surface area contributed by atoms with E-state index in [1.165, 1.54) is 0 Å². The molecule has 25 rings (SSSR count). The molecule has 1 aromatic carbocycles. The first kappa shape index (κ1) is 71.6. The second-order valence-corrected chi connectivity index (χ2v) is 23.7. The first-order valence-electron chi connectivity index (χ1n) is 29.1. The second-order valence-electron chi connectivity index (χ2n) is 22.5. The maximum absolute atomic E-state index is 11.6. The number of anilines is 1. The number of benzene rings is 1. The smallest absolute Gasteiger partial charge is 0.286 e. The molecule has 2 amide bonds. The summed E-state index contributed by atoms with van der Waals surface area (Å²) < 4.78 is 73.6. The third-order valence-corrected chi connectivity index (χ3v) is 17.5. The number of aliphatic hydroxyl groups is 18. The number of aliphatic hydroxyl groups excluding tert-OH is 18. The quantitative estimate of drug-likeness (QED) is 0.0885. The summed E-state index contributed by atoms with van der Waals surface area (Å²) in [5, 5.41) is 197. The molecule has 37 heteroatoms. The Morgan fingerprint density at radius 3 is 1.00 bits per heavy atom. The lowest BCUT2D eigenvalue weighted by atomic mass is 9.94. The Morgan fingerprint density at radius 1 is 0.440 bits per heavy atom. The summed E-state index contributed by atoms with van der Waals surface area (Å²) in [6.45, 7) is -4.73. The number of pyridine rings is 1. The highest BCUT2D eigenvalue weighted by atomic mass is 32.2. The van der Waals surface area contributed by atoms with Crippen LogP contribution in [0, 0.1) is 0 Å². The zero-order valence-electron chi connectivity index (χ0n) is 48.4. The van der Waals surface area contributed by atoms with Crippen LogP contribution in [0.2, 0.25) is 0 Å². The number of amides is 2. The molecule has 2 aromatic rings. The Morgan fingerprint density at radius 2 is 0.747 bits per heavy atom. The number of carbonyl (C=O) groups excluding carboxylic acids is 2. The molecular formula is C54H79N3O33S. The third kappa shape index (κ3) is 15.9. The van der Waals surface area contributed by atoms with Gasteiger partial charge in [-0.15, -0.1) is 0 Å². The molecule has 1 aromatic heterocycles. The van der Waals surface area contributed by atoms with Crippen LogP contribution in [0.3, 0.4) is 0 Å². The maximum Gasteiger partial charge on any atom is 0.286 e. The van der Waals surface area contributed by atoms with Gasteiger partial charge in [-0.05, 0) is 36.2 Å². The van der Waals surface area contributed by atoms with Gasteiger partial charge in [-0.1, -0.05) is 30.0 Å². The van der Waals surface area contributed by atoms with Crippen LogP contribution in [-0.4, -0.2) is 357 Å². The van der Waals surface area contributed by atoms with Crippen molar-refractivity contribution in [1.29, 1.82) is 0 Å². The maximum atomic E-state index is 11.6. The van der Waals surface area contributed by atoms with Crippen molar-refractivity contribution < 1.29 is 163 Å². The van der Waals surface area contributed by atoms with Crippen molar-refractivity contribution in [3.8, 4) is 5.75 Å². The zero-order chi connectivity index (χ0) is 65.7. The first-order chi connectivity index (χ1) is 43.5. The fraction of sp³-hybridized carbons (Fsp3) is 0.759. The first-order valence-corrected chi connectivity index (χ1v) is 30.0. The van der Waals surface area contributed by atoms with Crippen LogP contribution in [0.1, 0.15) is 5.56 Å². The van der Waals surface area contributed by atoms with E-state index in [1.807, 2.05) is 54.4 Å². The van der Waals surface area contributed by atoms with Gasteiger partial charge in [-0.3, -0.25) is 14.9 Å². The Bertz CT molecular complexity index is 2310. The molecule has 23 saturated heterocycles. The molecule has 23 fully saturated rings. The van der Waals surface area contributed by atoms with Gasteiger partial charge in [-0.2, -0.15) is 0 Å². The van der Waals surface area contributed by atoms with Crippen LogP contribution in [-0.2, 0) is 68.1 Å². The summed E-state index contributed by atoms with van der Waals surface area (Å²) in [7, 11) is 1.97. The van der Waals surface area contributed by atoms with E-state index in [9.17, 15) is 102 Å². The van der Waals surface area contributed by atoms with E-state index in [0.29, 0.717) is 13.0 Å². The number of rotatable bonds is 13. The molecule has 0 saturated carbocycles. The van der Waals surface area contributed by atoms with Gasteiger partial charge >= 0.3 is 0 Å². The second kappa shape index (κ2) is 31.9. The minimum absolute atomic E-state index is 0.215. The van der Waals surface area contributed by atoms with Gasteiger partial charge in [0.05, 0.1) is 51.4 Å². The number of carbonyl (C=O) groups is 2. The fourth-order valence-electron chi connectivity index (χ4n) is 11.4. The lowest BCUT2D eigenvalue weighted by Crippen LogP contribution is -2.69. The number of hydrogen-bond acceptors (Lipinski definition) is 36. The van der Waals surface area contributed by atoms with Crippen molar-refractivity contribution in [3.05, 3.63) is 54.2 Å². The van der Waals surface area contributed by atoms with E-state index in [1.54, 1.807) is 6.20 Å². The largest absolute Gasteiger partial charge is 0.492 e. The van der Waals surface area contributed by atoms with Crippen molar-refractivity contribution >= 4 is 28.7 Å². The van der Waals surface area contributed by atoms with Crippen molar-refractivity contribution in [1.82, 2.24) is 10.3 Å². The Kier molecular flexibility index (Phi) is 25.1. The molecule has 0 aliphatic carbocycles. The number of nitrogens with one attached hydrogen (secondary N) is 1. The molecule has 0 spiro atoms. The molecule has 31 atom stereocenters. The number of aromatic nitrogens is 1. The fourth-order valence-corrected chi connectivity index (χ4v) is 12.2. The van der Waals surface area contributed by atoms with E-state index in [4.69, 9.17) is 61.6 Å². The van der Waals surface area contributed by atoms with Gasteiger partial charge in [0.1, 0.15) is 165 Å². The monoisotopic (exact) mass is 1330 g/mol. The van der Waals surface area contributed by atoms with Gasteiger partial charge in [0.25, 0.3) is 5.24 Å². The van der Waals surface area contributed by atoms with E-state index in [-0.39, 0.29) is 16.4 Å². The molecule has 19 N–H and O–H groups in total. The lowest BCUT2D eigenvalue weighted by Gasteiger charge is -2.50. The number of hydrogen-bond donors (Lipinski definition) is 19. The molecule has 0 radical (unpaired) electrons. The highest BCUT2D eigenvalue weighted by molar-refractivity contribution is 8.15. The molecule has 12 bridgehead atoms. The highest BCUT2D eigenvalue weighted by Crippen LogP contribution is 2.38. The van der Waals surface area contributed by atoms with Crippen LogP contribution in [0.5, 0.6) is 5.75 Å². The van der Waals surface area contributed by atoms with Crippen LogP contribution < -0.4 is 15.0 Å². The van der Waals surface area contributed by atoms with E-state index >= 15 is 0 Å². The van der Waals surface area contributed by atoms with Crippen LogP contribution in [0.15, 0.2) is 48.7 Å². The zero-order valence-corrected chi connectivity index (χ0v) is 49.2. The normalized spacial score (nSPS) is 44.7. The summed E-state index contributed by atoms with van der Waals surface area (Å²) >= 11 is 1.05. The van der Waals surface area contributed by atoms with Gasteiger partial charge in [-0.25, -0.2) is 4.98 Å². The van der Waals surface area contributed by atoms with E-state index in [2.05, 4.69) is 10.3 Å². The number of imide groups is 1. The Balaban J connectivity index is 0.000000326. The van der Waals surface area contributed by atoms with Crippen molar-refractivity contribution in [2.24, 2.45) is 0 Å². The molecular weight excluding hydrogens is 1250 g/mol. The van der Waals surface area contributed by atoms with Crippen molar-refractivity contribution in [2.75, 3.05) is 64.7 Å². The third-order valence-electron chi connectivity index (χ3n) is 16.5. The molecule has 23 aliphatic heterocycles. The summed E-state index contributed by atoms with van der Waals surface area (Å²) in [6.07, 6.45) is -56.2. The average Bonchev–Trinajstić information content (AvgIpc) is 1.24. The van der Waals surface area contributed by atoms with Gasteiger partial charge in [0, 0.05) is 13.2 Å². The SMILES string of the molecule is CN(CCOc1ccc(CC2SC(=O)NC2=O)cc1)c1ccccn1.OC[C@H]1O[C@@H]2O[C@H]3[C@H](O)[C@@H](O)[C@@H](O[C@H]4[C@H](O)[C@@H](O)[C@@H](O[C@H]5[C@H](O)[C@@H](O)[C@@H](O[C@H]6[C@H](O)[C@@H](O)[C@@H](O[C@H]7[C@H](O)[C@@H](O)[C@@H](O[C@H]1[C@H](O)[C@H]2O)O[C@@H]7CO)O[C@@H]6CO)O[C@@H]5CO)O[C@@H]4CO)O[C@@H]3CO. The molecule has 1 unspecified atom stereocenters. The standard InChI is InChI=1S/C36H60O30.C18H19N3O3S/c37-1-7-25-13(43)19(49)31(55-7)62-26-8(2-38)57-33(21(51)15(26)45)64-28-10(4-40)59-35(23(53)17(28)47)66-30-12(6-42)60-36(24(54)18(30)48)65-29-11(5-41)58-34(22(52)16(29)46)63-27-9(3-39)56-32(61-25)20(50)14(27)44;1-21(16-4-2-3-9-19-16)10-11-24-14-7-5-13(6-8-14)12-15-17(22)20-18(23)25-15/h7-54H,1-6H2;2-9,15H,10-12H2,1H3,(H,20,22,23)/t7-,8-,9-,10-,11-,12-,13-,14-,15-,16-,17-,18-,19-,20-,21-,22-,23-,24-,25-,26-,27-,28-,29-,30-,31-,32-,33-,34-,35-,36-;/m1./s1. The van der Waals surface area contributed by atoms with Crippen LogP contribution in [0.4, 0.5) is 10.6 Å². The lowest BCUT2D eigenvalue weighted by molar-refractivity contribution is -0.404.